The average molecular weight is 624 g/mol. The van der Waals surface area contributed by atoms with E-state index < -0.39 is 16.1 Å². The molecule has 0 amide bonds. The lowest BCUT2D eigenvalue weighted by molar-refractivity contribution is 0.0997. The summed E-state index contributed by atoms with van der Waals surface area (Å²) in [7, 11) is -3.58. The molecule has 1 unspecified atom stereocenters. The second kappa shape index (κ2) is 16.0. The van der Waals surface area contributed by atoms with Gasteiger partial charge in [0.25, 0.3) is 0 Å². The van der Waals surface area contributed by atoms with E-state index in [2.05, 4.69) is 15.0 Å². The van der Waals surface area contributed by atoms with E-state index in [1.165, 1.54) is 6.07 Å². The number of aliphatic hydroxyl groups excluding tert-OH is 3. The summed E-state index contributed by atoms with van der Waals surface area (Å²) < 4.78 is 43.7. The lowest BCUT2D eigenvalue weighted by atomic mass is 10.1. The summed E-state index contributed by atoms with van der Waals surface area (Å²) in [6, 6.07) is 24.7. The van der Waals surface area contributed by atoms with Gasteiger partial charge in [-0.25, -0.2) is 13.4 Å². The molecule has 0 bridgehead atoms. The molecule has 0 aliphatic rings. The fourth-order valence-corrected chi connectivity index (χ4v) is 4.78. The van der Waals surface area contributed by atoms with Crippen molar-refractivity contribution in [3.63, 3.8) is 0 Å². The molecule has 12 heteroatoms. The molecule has 0 fully saturated rings. The third-order valence-corrected chi connectivity index (χ3v) is 7.02. The fraction of sp³-hybridized carbons (Fsp3) is 0.281. The van der Waals surface area contributed by atoms with Crippen LogP contribution >= 0.6 is 0 Å². The van der Waals surface area contributed by atoms with Crippen molar-refractivity contribution in [2.24, 2.45) is 0 Å². The van der Waals surface area contributed by atoms with Crippen molar-refractivity contribution in [1.29, 1.82) is 0 Å². The van der Waals surface area contributed by atoms with Gasteiger partial charge >= 0.3 is 0 Å². The number of aromatic nitrogens is 1. The van der Waals surface area contributed by atoms with Crippen molar-refractivity contribution >= 4 is 15.7 Å². The van der Waals surface area contributed by atoms with Gasteiger partial charge in [-0.3, -0.25) is 4.72 Å². The Labute approximate surface area is 257 Å². The molecule has 0 radical (unpaired) electrons. The van der Waals surface area contributed by atoms with E-state index in [0.29, 0.717) is 35.1 Å². The molecule has 0 saturated carbocycles. The van der Waals surface area contributed by atoms with Crippen LogP contribution in [0.15, 0.2) is 91.1 Å². The molecule has 3 aromatic carbocycles. The number of pyridine rings is 1. The monoisotopic (exact) mass is 623 g/mol. The molecular weight excluding hydrogens is 586 g/mol. The number of anilines is 1. The molecule has 0 saturated heterocycles. The smallest absolute Gasteiger partial charge is 0.229 e. The van der Waals surface area contributed by atoms with E-state index in [-0.39, 0.29) is 44.7 Å². The molecule has 4 aromatic rings. The molecule has 5 N–H and O–H groups in total. The molecule has 4 rings (SSSR count). The zero-order valence-corrected chi connectivity index (χ0v) is 25.1. The van der Waals surface area contributed by atoms with Crippen LogP contribution in [0.3, 0.4) is 0 Å². The fourth-order valence-electron chi connectivity index (χ4n) is 4.22. The first kappa shape index (κ1) is 32.7. The largest absolute Gasteiger partial charge is 0.491 e. The van der Waals surface area contributed by atoms with E-state index >= 15 is 0 Å². The van der Waals surface area contributed by atoms with Crippen molar-refractivity contribution in [3.05, 3.63) is 108 Å². The number of ether oxygens (including phenoxy) is 3. The topological polar surface area (TPSA) is 159 Å². The Balaban J connectivity index is 1.27. The van der Waals surface area contributed by atoms with Crippen LogP contribution in [0.25, 0.3) is 0 Å². The number of rotatable bonds is 17. The van der Waals surface area contributed by atoms with Crippen LogP contribution in [0.5, 0.6) is 23.1 Å². The number of benzene rings is 3. The molecule has 234 valence electrons. The average Bonchev–Trinajstić information content (AvgIpc) is 3.02. The zero-order valence-electron chi connectivity index (χ0n) is 24.3. The number of nitrogens with one attached hydrogen (secondary N) is 2. The first-order chi connectivity index (χ1) is 21.2. The molecule has 11 nitrogen and oxygen atoms in total. The molecule has 0 spiro atoms. The molecule has 2 atom stereocenters. The van der Waals surface area contributed by atoms with Crippen LogP contribution in [0, 0.1) is 0 Å². The second-order valence-corrected chi connectivity index (χ2v) is 11.9. The van der Waals surface area contributed by atoms with E-state index in [1.807, 2.05) is 42.5 Å². The SMILES string of the molecule is CS(=O)(=O)Nc1cc(OC[C@@H](O)CNC(CO)Cc2ccc(Oc3ncccc3CO)cc2)ccc1OCc1ccccc1. The summed E-state index contributed by atoms with van der Waals surface area (Å²) >= 11 is 0. The molecule has 1 aromatic heterocycles. The Bertz CT molecular complexity index is 1570. The van der Waals surface area contributed by atoms with Gasteiger partial charge in [0.1, 0.15) is 36.6 Å². The predicted molar refractivity (Wildman–Crippen MR) is 166 cm³/mol. The molecule has 44 heavy (non-hydrogen) atoms. The van der Waals surface area contributed by atoms with Crippen LogP contribution in [0.4, 0.5) is 5.69 Å². The van der Waals surface area contributed by atoms with Gasteiger partial charge in [-0.1, -0.05) is 42.5 Å². The number of hydrogen-bond acceptors (Lipinski definition) is 10. The van der Waals surface area contributed by atoms with E-state index in [0.717, 1.165) is 17.4 Å². The van der Waals surface area contributed by atoms with Gasteiger partial charge in [0, 0.05) is 30.4 Å². The maximum Gasteiger partial charge on any atom is 0.229 e. The van der Waals surface area contributed by atoms with Crippen LogP contribution in [0.2, 0.25) is 0 Å². The van der Waals surface area contributed by atoms with Gasteiger partial charge in [0.15, 0.2) is 0 Å². The third-order valence-electron chi connectivity index (χ3n) is 6.43. The minimum absolute atomic E-state index is 0.0664. The van der Waals surface area contributed by atoms with Gasteiger partial charge in [-0.15, -0.1) is 0 Å². The summed E-state index contributed by atoms with van der Waals surface area (Å²) in [5.41, 5.74) is 2.68. The van der Waals surface area contributed by atoms with Crippen LogP contribution in [0.1, 0.15) is 16.7 Å². The third kappa shape index (κ3) is 10.5. The van der Waals surface area contributed by atoms with Gasteiger partial charge < -0.3 is 34.8 Å². The first-order valence-electron chi connectivity index (χ1n) is 14.0. The Hall–Kier alpha value is -4.20. The van der Waals surface area contributed by atoms with E-state index in [4.69, 9.17) is 14.2 Å². The van der Waals surface area contributed by atoms with Gasteiger partial charge in [-0.2, -0.15) is 0 Å². The highest BCUT2D eigenvalue weighted by molar-refractivity contribution is 7.92. The second-order valence-electron chi connectivity index (χ2n) is 10.1. The van der Waals surface area contributed by atoms with Crippen molar-refractivity contribution in [2.75, 3.05) is 30.7 Å². The molecule has 0 aliphatic carbocycles. The maximum atomic E-state index is 11.9. The lowest BCUT2D eigenvalue weighted by Gasteiger charge is -2.20. The van der Waals surface area contributed by atoms with E-state index in [9.17, 15) is 23.7 Å². The highest BCUT2D eigenvalue weighted by atomic mass is 32.2. The summed E-state index contributed by atoms with van der Waals surface area (Å²) in [5.74, 6) is 1.59. The Kier molecular flexibility index (Phi) is 11.9. The lowest BCUT2D eigenvalue weighted by Crippen LogP contribution is -2.41. The maximum absolute atomic E-state index is 11.9. The summed E-state index contributed by atoms with van der Waals surface area (Å²) in [6.45, 7) is 0.0146. The summed E-state index contributed by atoms with van der Waals surface area (Å²) in [5, 5.41) is 33.0. The minimum Gasteiger partial charge on any atom is -0.491 e. The van der Waals surface area contributed by atoms with Gasteiger partial charge in [0.05, 0.1) is 25.2 Å². The van der Waals surface area contributed by atoms with Crippen LogP contribution in [-0.4, -0.2) is 66.9 Å². The Morgan fingerprint density at radius 1 is 0.886 bits per heavy atom. The zero-order chi connectivity index (χ0) is 31.4. The number of aliphatic hydroxyl groups is 3. The van der Waals surface area contributed by atoms with Crippen molar-refractivity contribution in [1.82, 2.24) is 10.3 Å². The standard InChI is InChI=1S/C32H37N3O8S/c1-44(39,40)35-30-17-29(13-14-31(30)42-21-24-6-3-2-4-7-24)41-22-27(38)18-34-26(20-37)16-23-9-11-28(12-10-23)43-32-25(19-36)8-5-15-33-32/h2-15,17,26-27,34-38H,16,18-22H2,1H3/t26?,27-/m0/s1. The van der Waals surface area contributed by atoms with Crippen molar-refractivity contribution in [2.45, 2.75) is 31.8 Å². The van der Waals surface area contributed by atoms with E-state index in [1.54, 1.807) is 42.6 Å². The number of hydrogen-bond donors (Lipinski definition) is 5. The van der Waals surface area contributed by atoms with Gasteiger partial charge in [0.2, 0.25) is 15.9 Å². The Morgan fingerprint density at radius 3 is 2.34 bits per heavy atom. The molecule has 0 aliphatic heterocycles. The number of nitrogens with zero attached hydrogens (tertiary/aromatic N) is 1. The quantitative estimate of drug-likeness (QED) is 0.118. The van der Waals surface area contributed by atoms with Crippen molar-refractivity contribution < 1.29 is 37.9 Å². The van der Waals surface area contributed by atoms with Crippen molar-refractivity contribution in [3.8, 4) is 23.1 Å². The van der Waals surface area contributed by atoms with Crippen LogP contribution in [-0.2, 0) is 29.7 Å². The predicted octanol–water partition coefficient (Wildman–Crippen LogP) is 3.25. The normalized spacial score (nSPS) is 12.7. The summed E-state index contributed by atoms with van der Waals surface area (Å²) in [6.07, 6.45) is 2.23. The van der Waals surface area contributed by atoms with Gasteiger partial charge in [-0.05, 0) is 53.9 Å². The highest BCUT2D eigenvalue weighted by Gasteiger charge is 2.15. The highest BCUT2D eigenvalue weighted by Crippen LogP contribution is 2.31. The Morgan fingerprint density at radius 2 is 1.64 bits per heavy atom. The molecular formula is C32H37N3O8S. The molecule has 1 heterocycles. The number of sulfonamides is 1. The summed E-state index contributed by atoms with van der Waals surface area (Å²) in [4.78, 5) is 4.15. The van der Waals surface area contributed by atoms with Crippen LogP contribution < -0.4 is 24.2 Å². The first-order valence-corrected chi connectivity index (χ1v) is 15.9. The minimum atomic E-state index is -3.58.